The van der Waals surface area contributed by atoms with E-state index in [2.05, 4.69) is 5.32 Å². The van der Waals surface area contributed by atoms with E-state index in [-0.39, 0.29) is 24.4 Å². The minimum Gasteiger partial charge on any atom is -0.396 e. The van der Waals surface area contributed by atoms with E-state index < -0.39 is 0 Å². The van der Waals surface area contributed by atoms with E-state index >= 15 is 0 Å². The lowest BCUT2D eigenvalue weighted by molar-refractivity contribution is 0.214. The molecule has 2 nitrogen and oxygen atoms in total. The average Bonchev–Trinajstić information content (AvgIpc) is 2.67. The lowest BCUT2D eigenvalue weighted by Crippen LogP contribution is -2.19. The highest BCUT2D eigenvalue weighted by molar-refractivity contribution is 5.21. The molecule has 1 heterocycles. The summed E-state index contributed by atoms with van der Waals surface area (Å²) in [6, 6.07) is 6.66. The molecule has 0 bridgehead atoms. The molecule has 0 aliphatic carbocycles. The first kappa shape index (κ1) is 9.62. The first-order valence-electron chi connectivity index (χ1n) is 4.91. The largest absolute Gasteiger partial charge is 0.396 e. The lowest BCUT2D eigenvalue weighted by atomic mass is 9.95. The van der Waals surface area contributed by atoms with Gasteiger partial charge < -0.3 is 10.4 Å². The van der Waals surface area contributed by atoms with Crippen LogP contribution in [0, 0.1) is 11.7 Å². The van der Waals surface area contributed by atoms with Crippen molar-refractivity contribution in [2.75, 3.05) is 13.2 Å². The van der Waals surface area contributed by atoms with Crippen LogP contribution in [0.2, 0.25) is 0 Å². The van der Waals surface area contributed by atoms with Crippen LogP contribution in [0.15, 0.2) is 24.3 Å². The first-order valence-corrected chi connectivity index (χ1v) is 4.91. The molecule has 0 amide bonds. The molecule has 1 fully saturated rings. The highest BCUT2D eigenvalue weighted by Gasteiger charge is 2.27. The molecular weight excluding hydrogens is 181 g/mol. The van der Waals surface area contributed by atoms with Crippen molar-refractivity contribution in [1.82, 2.24) is 5.32 Å². The van der Waals surface area contributed by atoms with Gasteiger partial charge in [-0.3, -0.25) is 0 Å². The van der Waals surface area contributed by atoms with Crippen molar-refractivity contribution in [3.63, 3.8) is 0 Å². The summed E-state index contributed by atoms with van der Waals surface area (Å²) in [5, 5.41) is 12.4. The zero-order chi connectivity index (χ0) is 9.97. The van der Waals surface area contributed by atoms with Gasteiger partial charge in [-0.1, -0.05) is 12.1 Å². The van der Waals surface area contributed by atoms with Crippen LogP contribution in [-0.2, 0) is 0 Å². The Hall–Kier alpha value is -0.930. The predicted octanol–water partition coefficient (Wildman–Crippen LogP) is 1.47. The topological polar surface area (TPSA) is 32.3 Å². The quantitative estimate of drug-likeness (QED) is 0.749. The van der Waals surface area contributed by atoms with Gasteiger partial charge in [0.05, 0.1) is 0 Å². The molecule has 1 aliphatic heterocycles. The second-order valence-corrected chi connectivity index (χ2v) is 3.71. The fourth-order valence-electron chi connectivity index (χ4n) is 2.01. The van der Waals surface area contributed by atoms with Gasteiger partial charge in [0.2, 0.25) is 0 Å². The Morgan fingerprint density at radius 2 is 2.07 bits per heavy atom. The van der Waals surface area contributed by atoms with Crippen molar-refractivity contribution >= 4 is 0 Å². The maximum Gasteiger partial charge on any atom is 0.123 e. The van der Waals surface area contributed by atoms with Crippen LogP contribution in [-0.4, -0.2) is 18.3 Å². The molecule has 1 aromatic rings. The summed E-state index contributed by atoms with van der Waals surface area (Å²) >= 11 is 0. The minimum absolute atomic E-state index is 0.181. The molecule has 3 heteroatoms. The molecule has 2 atom stereocenters. The Morgan fingerprint density at radius 3 is 2.71 bits per heavy atom. The van der Waals surface area contributed by atoms with E-state index in [0.29, 0.717) is 0 Å². The number of hydrogen-bond donors (Lipinski definition) is 2. The van der Waals surface area contributed by atoms with Gasteiger partial charge in [-0.05, 0) is 30.7 Å². The van der Waals surface area contributed by atoms with E-state index in [1.807, 2.05) is 0 Å². The summed E-state index contributed by atoms with van der Waals surface area (Å²) < 4.78 is 12.7. The van der Waals surface area contributed by atoms with Gasteiger partial charge in [-0.25, -0.2) is 4.39 Å². The third-order valence-electron chi connectivity index (χ3n) is 2.81. The fourth-order valence-corrected chi connectivity index (χ4v) is 2.01. The molecule has 76 valence electrons. The SMILES string of the molecule is OC[C@@H]1CCN[C@@H]1c1ccc(F)cc1. The number of hydrogen-bond acceptors (Lipinski definition) is 2. The molecule has 2 rings (SSSR count). The molecule has 14 heavy (non-hydrogen) atoms. The summed E-state index contributed by atoms with van der Waals surface area (Å²) in [6.07, 6.45) is 0.985. The smallest absolute Gasteiger partial charge is 0.123 e. The summed E-state index contributed by atoms with van der Waals surface area (Å²) in [5.41, 5.74) is 1.06. The molecule has 1 aliphatic rings. The number of aliphatic hydroxyl groups is 1. The molecule has 1 aromatic carbocycles. The van der Waals surface area contributed by atoms with E-state index in [1.165, 1.54) is 12.1 Å². The molecule has 1 saturated heterocycles. The Bertz CT molecular complexity index is 299. The third kappa shape index (κ3) is 1.79. The molecule has 0 aromatic heterocycles. The predicted molar refractivity (Wildman–Crippen MR) is 52.3 cm³/mol. The standard InChI is InChI=1S/C11H14FNO/c12-10-3-1-8(2-4-10)11-9(7-14)5-6-13-11/h1-4,9,11,13-14H,5-7H2/t9-,11+/m0/s1. The normalized spacial score (nSPS) is 26.7. The second-order valence-electron chi connectivity index (χ2n) is 3.71. The molecule has 2 N–H and O–H groups in total. The van der Waals surface area contributed by atoms with Crippen molar-refractivity contribution in [2.45, 2.75) is 12.5 Å². The Morgan fingerprint density at radius 1 is 1.36 bits per heavy atom. The molecular formula is C11H14FNO. The third-order valence-corrected chi connectivity index (χ3v) is 2.81. The van der Waals surface area contributed by atoms with Crippen LogP contribution in [0.5, 0.6) is 0 Å². The van der Waals surface area contributed by atoms with Crippen molar-refractivity contribution in [3.8, 4) is 0 Å². The van der Waals surface area contributed by atoms with Gasteiger partial charge >= 0.3 is 0 Å². The van der Waals surface area contributed by atoms with Crippen LogP contribution in [0.3, 0.4) is 0 Å². The Kier molecular flexibility index (Phi) is 2.79. The fraction of sp³-hybridized carbons (Fsp3) is 0.455. The van der Waals surface area contributed by atoms with E-state index in [9.17, 15) is 4.39 Å². The van der Waals surface area contributed by atoms with Crippen molar-refractivity contribution in [1.29, 1.82) is 0 Å². The summed E-state index contributed by atoms with van der Waals surface area (Å²) in [7, 11) is 0. The first-order chi connectivity index (χ1) is 6.81. The van der Waals surface area contributed by atoms with Crippen molar-refractivity contribution in [3.05, 3.63) is 35.6 Å². The second kappa shape index (κ2) is 4.07. The van der Waals surface area contributed by atoms with E-state index in [1.54, 1.807) is 12.1 Å². The molecule has 0 radical (unpaired) electrons. The maximum atomic E-state index is 12.7. The Labute approximate surface area is 82.8 Å². The highest BCUT2D eigenvalue weighted by atomic mass is 19.1. The minimum atomic E-state index is -0.215. The number of aliphatic hydroxyl groups excluding tert-OH is 1. The lowest BCUT2D eigenvalue weighted by Gasteiger charge is -2.17. The molecule has 0 spiro atoms. The van der Waals surface area contributed by atoms with Crippen molar-refractivity contribution in [2.24, 2.45) is 5.92 Å². The van der Waals surface area contributed by atoms with E-state index in [0.717, 1.165) is 18.5 Å². The monoisotopic (exact) mass is 195 g/mol. The number of benzene rings is 1. The number of nitrogens with one attached hydrogen (secondary N) is 1. The summed E-state index contributed by atoms with van der Waals surface area (Å²) in [6.45, 7) is 1.11. The maximum absolute atomic E-state index is 12.7. The highest BCUT2D eigenvalue weighted by Crippen LogP contribution is 2.28. The number of halogens is 1. The van der Waals surface area contributed by atoms with Crippen molar-refractivity contribution < 1.29 is 9.50 Å². The molecule has 0 unspecified atom stereocenters. The van der Waals surface area contributed by atoms with Crippen LogP contribution in [0.4, 0.5) is 4.39 Å². The summed E-state index contributed by atoms with van der Waals surface area (Å²) in [4.78, 5) is 0. The van der Waals surface area contributed by atoms with E-state index in [4.69, 9.17) is 5.11 Å². The summed E-state index contributed by atoms with van der Waals surface area (Å²) in [5.74, 6) is 0.0488. The van der Waals surface area contributed by atoms with Gasteiger partial charge in [-0.15, -0.1) is 0 Å². The van der Waals surface area contributed by atoms with Gasteiger partial charge in [0, 0.05) is 18.6 Å². The number of rotatable bonds is 2. The molecule has 0 saturated carbocycles. The zero-order valence-corrected chi connectivity index (χ0v) is 7.91. The van der Waals surface area contributed by atoms with Crippen LogP contribution in [0.1, 0.15) is 18.0 Å². The van der Waals surface area contributed by atoms with Crippen LogP contribution >= 0.6 is 0 Å². The van der Waals surface area contributed by atoms with Crippen LogP contribution < -0.4 is 5.32 Å². The zero-order valence-electron chi connectivity index (χ0n) is 7.91. The van der Waals surface area contributed by atoms with Crippen LogP contribution in [0.25, 0.3) is 0 Å². The Balaban J connectivity index is 2.17. The van der Waals surface area contributed by atoms with Gasteiger partial charge in [-0.2, -0.15) is 0 Å². The van der Waals surface area contributed by atoms with Gasteiger partial charge in [0.15, 0.2) is 0 Å². The van der Waals surface area contributed by atoms with Gasteiger partial charge in [0.1, 0.15) is 5.82 Å². The average molecular weight is 195 g/mol. The van der Waals surface area contributed by atoms with Gasteiger partial charge in [0.25, 0.3) is 0 Å².